The molecule has 1 aliphatic rings. The maximum absolute atomic E-state index is 14.7. The van der Waals surface area contributed by atoms with Crippen molar-refractivity contribution in [2.45, 2.75) is 18.7 Å². The van der Waals surface area contributed by atoms with E-state index in [1.165, 1.54) is 0 Å². The van der Waals surface area contributed by atoms with Crippen molar-refractivity contribution < 1.29 is 31.9 Å². The van der Waals surface area contributed by atoms with Crippen LogP contribution < -0.4 is 15.8 Å². The molecule has 0 spiro atoms. The molecule has 3 rings (SSSR count). The zero-order valence-electron chi connectivity index (χ0n) is 13.7. The molecule has 1 saturated heterocycles. The highest BCUT2D eigenvalue weighted by Gasteiger charge is 2.40. The fourth-order valence-corrected chi connectivity index (χ4v) is 3.77. The number of rotatable bonds is 6. The molecular weight excluding hydrogens is 428 g/mol. The molecule has 2 aromatic rings. The zero-order valence-corrected chi connectivity index (χ0v) is 15.2. The van der Waals surface area contributed by atoms with Gasteiger partial charge in [-0.05, 0) is 6.07 Å². The van der Waals surface area contributed by atoms with Gasteiger partial charge in [-0.25, -0.2) is 18.6 Å². The second kappa shape index (κ2) is 7.80. The highest BCUT2D eigenvalue weighted by Crippen LogP contribution is 2.39. The van der Waals surface area contributed by atoms with Gasteiger partial charge < -0.3 is 20.7 Å². The number of hydrogen-bond acceptors (Lipinski definition) is 5. The predicted octanol–water partition coefficient (Wildman–Crippen LogP) is 2.64. The summed E-state index contributed by atoms with van der Waals surface area (Å²) in [4.78, 5) is 28.6. The molecule has 2 atom stereocenters. The topological polar surface area (TPSA) is 97.6 Å². The Bertz CT molecular complexity index is 929. The van der Waals surface area contributed by atoms with Gasteiger partial charge in [0.2, 0.25) is 5.91 Å². The maximum atomic E-state index is 14.7. The Morgan fingerprint density at radius 3 is 2.75 bits per heavy atom. The van der Waals surface area contributed by atoms with Crippen LogP contribution in [0.3, 0.4) is 0 Å². The molecule has 0 saturated carbocycles. The number of aromatic nitrogens is 1. The number of carbonyl (C=O) groups is 2. The van der Waals surface area contributed by atoms with Gasteiger partial charge in [0.1, 0.15) is 22.7 Å². The molecule has 0 radical (unpaired) electrons. The summed E-state index contributed by atoms with van der Waals surface area (Å²) < 4.78 is 57.3. The van der Waals surface area contributed by atoms with Crippen LogP contribution in [-0.2, 0) is 4.79 Å². The van der Waals surface area contributed by atoms with E-state index in [9.17, 15) is 27.2 Å². The summed E-state index contributed by atoms with van der Waals surface area (Å²) in [5, 5.41) is 1.10. The minimum absolute atomic E-state index is 0.123. The number of benzene rings is 1. The lowest BCUT2D eigenvalue weighted by molar-refractivity contribution is -0.119. The molecule has 7 nitrogen and oxygen atoms in total. The highest BCUT2D eigenvalue weighted by molar-refractivity contribution is 7.13. The molecule has 28 heavy (non-hydrogen) atoms. The van der Waals surface area contributed by atoms with Crippen LogP contribution in [0.25, 0.3) is 0 Å². The van der Waals surface area contributed by atoms with Gasteiger partial charge >= 0.3 is 12.6 Å². The molecular formula is C15H11ClF4N4O3S. The lowest BCUT2D eigenvalue weighted by atomic mass is 10.0. The number of ether oxygens (including phenoxy) is 1. The number of nitrogens with two attached hydrogens (primary N) is 1. The van der Waals surface area contributed by atoms with Crippen molar-refractivity contribution in [2.24, 2.45) is 5.73 Å². The van der Waals surface area contributed by atoms with Gasteiger partial charge in [0, 0.05) is 11.8 Å². The molecule has 2 heterocycles. The molecule has 3 amide bonds. The minimum atomic E-state index is -3.14. The summed E-state index contributed by atoms with van der Waals surface area (Å²) in [5.74, 6) is -2.99. The Morgan fingerprint density at radius 1 is 1.43 bits per heavy atom. The van der Waals surface area contributed by atoms with Gasteiger partial charge in [0.15, 0.2) is 0 Å². The lowest BCUT2D eigenvalue weighted by Gasteiger charge is -2.26. The molecule has 150 valence electrons. The number of alkyl halides is 2. The Hall–Kier alpha value is -2.60. The van der Waals surface area contributed by atoms with Gasteiger partial charge in [0.05, 0.1) is 17.5 Å². The number of hydrogen-bond donors (Lipinski definition) is 2. The van der Waals surface area contributed by atoms with Crippen molar-refractivity contribution in [2.75, 3.05) is 6.54 Å². The first kappa shape index (κ1) is 20.1. The molecule has 0 bridgehead atoms. The lowest BCUT2D eigenvalue weighted by Crippen LogP contribution is -2.39. The normalized spacial score (nSPS) is 17.7. The summed E-state index contributed by atoms with van der Waals surface area (Å²) in [5.41, 5.74) is 4.97. The number of urea groups is 1. The summed E-state index contributed by atoms with van der Waals surface area (Å²) in [6, 6.07) is -1.11. The van der Waals surface area contributed by atoms with E-state index in [2.05, 4.69) is 15.0 Å². The number of nitrogens with one attached hydrogen (secondary N) is 1. The molecule has 1 fully saturated rings. The van der Waals surface area contributed by atoms with Gasteiger partial charge in [-0.2, -0.15) is 8.78 Å². The third-order valence-electron chi connectivity index (χ3n) is 3.91. The molecule has 1 aliphatic heterocycles. The predicted molar refractivity (Wildman–Crippen MR) is 90.2 cm³/mol. The maximum Gasteiger partial charge on any atom is 0.389 e. The van der Waals surface area contributed by atoms with Gasteiger partial charge in [-0.3, -0.25) is 4.79 Å². The summed E-state index contributed by atoms with van der Waals surface area (Å²) in [6.07, 6.45) is 1.11. The van der Waals surface area contributed by atoms with E-state index in [4.69, 9.17) is 17.3 Å². The van der Waals surface area contributed by atoms with E-state index in [1.54, 1.807) is 0 Å². The minimum Gasteiger partial charge on any atom is -0.408 e. The third kappa shape index (κ3) is 3.83. The Balaban J connectivity index is 2.07. The Kier molecular flexibility index (Phi) is 5.61. The number of carbonyl (C=O) groups excluding carboxylic acids is 2. The van der Waals surface area contributed by atoms with Crippen molar-refractivity contribution in [3.8, 4) is 5.19 Å². The molecule has 13 heteroatoms. The van der Waals surface area contributed by atoms with Gasteiger partial charge in [-0.15, -0.1) is 0 Å². The highest BCUT2D eigenvalue weighted by atomic mass is 35.5. The second-order valence-electron chi connectivity index (χ2n) is 5.63. The van der Waals surface area contributed by atoms with Crippen LogP contribution in [-0.4, -0.2) is 41.0 Å². The molecule has 1 aromatic carbocycles. The average molecular weight is 439 g/mol. The van der Waals surface area contributed by atoms with Gasteiger partial charge in [0.25, 0.3) is 5.19 Å². The number of primary amides is 1. The van der Waals surface area contributed by atoms with Gasteiger partial charge in [-0.1, -0.05) is 29.0 Å². The molecule has 1 aromatic heterocycles. The van der Waals surface area contributed by atoms with Crippen LogP contribution in [0, 0.1) is 11.6 Å². The fraction of sp³-hybridized carbons (Fsp3) is 0.267. The van der Waals surface area contributed by atoms with Crippen LogP contribution in [0.5, 0.6) is 5.19 Å². The summed E-state index contributed by atoms with van der Waals surface area (Å²) in [6.45, 7) is -3.38. The Morgan fingerprint density at radius 2 is 2.14 bits per heavy atom. The average Bonchev–Trinajstić information content (AvgIpc) is 3.22. The second-order valence-corrected chi connectivity index (χ2v) is 7.03. The first-order chi connectivity index (χ1) is 13.2. The summed E-state index contributed by atoms with van der Waals surface area (Å²) in [7, 11) is 0. The molecule has 0 aliphatic carbocycles. The molecule has 3 N–H and O–H groups in total. The van der Waals surface area contributed by atoms with Crippen LogP contribution >= 0.6 is 22.9 Å². The van der Waals surface area contributed by atoms with Crippen molar-refractivity contribution in [3.63, 3.8) is 0 Å². The zero-order chi connectivity index (χ0) is 20.6. The van der Waals surface area contributed by atoms with Crippen molar-refractivity contribution >= 4 is 34.9 Å². The fourth-order valence-electron chi connectivity index (χ4n) is 2.69. The van der Waals surface area contributed by atoms with E-state index in [1.807, 2.05) is 0 Å². The number of thiazole rings is 1. The van der Waals surface area contributed by atoms with E-state index >= 15 is 0 Å². The SMILES string of the molecule is NC(=O)C1CN([C@@H](c2cnc(OC(F)F)s2)c2ccc(F)c(Cl)c2F)C(=O)N1. The van der Waals surface area contributed by atoms with Crippen LogP contribution in [0.15, 0.2) is 18.3 Å². The number of halogens is 5. The smallest absolute Gasteiger partial charge is 0.389 e. The van der Waals surface area contributed by atoms with Crippen molar-refractivity contribution in [1.29, 1.82) is 0 Å². The first-order valence-corrected chi connectivity index (χ1v) is 8.78. The van der Waals surface area contributed by atoms with Crippen LogP contribution in [0.1, 0.15) is 16.5 Å². The Labute approximate surface area is 164 Å². The first-order valence-electron chi connectivity index (χ1n) is 7.59. The third-order valence-corrected chi connectivity index (χ3v) is 5.20. The standard InChI is InChI=1S/C15H11ClF4N4O3S/c16-9-6(17)2-1-5(10(9)18)11(8-3-22-15(28-8)27-13(19)20)24-4-7(12(21)25)23-14(24)26/h1-3,7,11,13H,4H2,(H2,21,25)(H,23,26)/t7?,11-/m1/s1. The van der Waals surface area contributed by atoms with Crippen molar-refractivity contribution in [1.82, 2.24) is 15.2 Å². The quantitative estimate of drug-likeness (QED) is 0.535. The number of nitrogens with zero attached hydrogens (tertiary/aromatic N) is 2. The van der Waals surface area contributed by atoms with Crippen LogP contribution in [0.4, 0.5) is 22.4 Å². The van der Waals surface area contributed by atoms with E-state index in [-0.39, 0.29) is 17.0 Å². The largest absolute Gasteiger partial charge is 0.408 e. The van der Waals surface area contributed by atoms with E-state index in [0.717, 1.165) is 23.2 Å². The monoisotopic (exact) mass is 438 g/mol. The van der Waals surface area contributed by atoms with E-state index in [0.29, 0.717) is 11.3 Å². The van der Waals surface area contributed by atoms with E-state index < -0.39 is 52.5 Å². The number of amides is 3. The molecule has 1 unspecified atom stereocenters. The summed E-state index contributed by atoms with van der Waals surface area (Å²) >= 11 is 6.26. The van der Waals surface area contributed by atoms with Crippen molar-refractivity contribution in [3.05, 3.63) is 45.4 Å². The van der Waals surface area contributed by atoms with Crippen LogP contribution in [0.2, 0.25) is 5.02 Å².